The largest absolute Gasteiger partial charge is 0.317 e. The summed E-state index contributed by atoms with van der Waals surface area (Å²) in [5, 5.41) is 46.1. The molecule has 0 fully saturated rings. The van der Waals surface area contributed by atoms with Crippen LogP contribution in [-0.4, -0.2) is 139 Å². The number of rotatable bonds is 48. The van der Waals surface area contributed by atoms with Gasteiger partial charge >= 0.3 is 0 Å². The first-order chi connectivity index (χ1) is 66.9. The van der Waals surface area contributed by atoms with Crippen molar-refractivity contribution >= 4 is 129 Å². The zero-order valence-electron chi connectivity index (χ0n) is 76.2. The van der Waals surface area contributed by atoms with E-state index in [2.05, 4.69) is 56.0 Å². The number of sulfonamides is 4. The SMILES string of the molecule is O=S(=O)(c1ccc2ccccc2c1)N(CCCN(CCCNCCCN(CCCN(Cc1ccc(N=Nc2ccccc2)cc1)S(=O)(=O)c1ccc2ccccc2c1)CCCN(Cc1ccc(N=Nc2ccccc2)cc1)S(=O)(=O)c1ccc2ccccc2c1)CCCN(Cc1ccc(N=Nc2ccccc2)cc1)S(=O)(=O)c1ccc2ccccc2c1)Cc1ccc(N=Nc2ccccc2)cc1. The van der Waals surface area contributed by atoms with Gasteiger partial charge in [0.1, 0.15) is 0 Å². The molecule has 0 atom stereocenters. The molecular formula is C110H109N15O8S4. The van der Waals surface area contributed by atoms with Crippen LogP contribution in [0.15, 0.2) is 449 Å². The second kappa shape index (κ2) is 47.3. The van der Waals surface area contributed by atoms with E-state index in [-0.39, 0.29) is 71.9 Å². The van der Waals surface area contributed by atoms with Crippen LogP contribution in [0.5, 0.6) is 0 Å². The van der Waals surface area contributed by atoms with Gasteiger partial charge in [-0.2, -0.15) is 58.1 Å². The van der Waals surface area contributed by atoms with Crippen molar-refractivity contribution in [2.45, 2.75) is 84.3 Å². The Morgan fingerprint density at radius 2 is 0.365 bits per heavy atom. The summed E-state index contributed by atoms with van der Waals surface area (Å²) in [6, 6.07) is 119. The van der Waals surface area contributed by atoms with E-state index >= 15 is 33.7 Å². The highest BCUT2D eigenvalue weighted by molar-refractivity contribution is 7.90. The highest BCUT2D eigenvalue weighted by Gasteiger charge is 2.31. The summed E-state index contributed by atoms with van der Waals surface area (Å²) in [5.74, 6) is 0. The predicted octanol–water partition coefficient (Wildman–Crippen LogP) is 25.4. The lowest BCUT2D eigenvalue weighted by molar-refractivity contribution is 0.238. The molecule has 0 bridgehead atoms. The minimum atomic E-state index is -4.11. The third kappa shape index (κ3) is 27.0. The van der Waals surface area contributed by atoms with Gasteiger partial charge in [-0.05, 0) is 302 Å². The number of nitrogens with zero attached hydrogens (tertiary/aromatic N) is 14. The van der Waals surface area contributed by atoms with Crippen LogP contribution in [0.25, 0.3) is 43.1 Å². The molecule has 0 radical (unpaired) electrons. The highest BCUT2D eigenvalue weighted by atomic mass is 32.2. The fourth-order valence-electron chi connectivity index (χ4n) is 16.5. The molecule has 0 aliphatic carbocycles. The summed E-state index contributed by atoms with van der Waals surface area (Å²) in [6.45, 7) is 5.16. The minimum absolute atomic E-state index is 0.0740. The van der Waals surface area contributed by atoms with Gasteiger partial charge in [0, 0.05) is 52.4 Å². The van der Waals surface area contributed by atoms with Crippen LogP contribution in [0, 0.1) is 0 Å². The summed E-state index contributed by atoms with van der Waals surface area (Å²) in [4.78, 5) is 5.31. The van der Waals surface area contributed by atoms with Crippen LogP contribution >= 0.6 is 0 Å². The van der Waals surface area contributed by atoms with Gasteiger partial charge in [0.25, 0.3) is 0 Å². The van der Waals surface area contributed by atoms with E-state index < -0.39 is 40.1 Å². The molecule has 23 nitrogen and oxygen atoms in total. The third-order valence-corrected chi connectivity index (χ3v) is 31.3. The van der Waals surface area contributed by atoms with Gasteiger partial charge in [0.15, 0.2) is 0 Å². The van der Waals surface area contributed by atoms with Gasteiger partial charge in [-0.1, -0.05) is 243 Å². The Bertz CT molecular complexity index is 6450. The van der Waals surface area contributed by atoms with Crippen molar-refractivity contribution in [3.8, 4) is 0 Å². The molecule has 0 unspecified atom stereocenters. The Hall–Kier alpha value is -13.5. The van der Waals surface area contributed by atoms with E-state index in [1.54, 1.807) is 65.8 Å². The maximum Gasteiger partial charge on any atom is 0.243 e. The van der Waals surface area contributed by atoms with Crippen molar-refractivity contribution < 1.29 is 33.7 Å². The first-order valence-electron chi connectivity index (χ1n) is 46.2. The minimum Gasteiger partial charge on any atom is -0.317 e. The number of hydrogen-bond acceptors (Lipinski definition) is 19. The molecule has 0 aromatic heterocycles. The second-order valence-electron chi connectivity index (χ2n) is 33.8. The molecule has 0 saturated carbocycles. The molecule has 696 valence electrons. The van der Waals surface area contributed by atoms with E-state index in [0.29, 0.717) is 136 Å². The van der Waals surface area contributed by atoms with E-state index in [9.17, 15) is 0 Å². The monoisotopic (exact) mass is 1900 g/mol. The number of hydrogen-bond donors (Lipinski definition) is 1. The number of benzene rings is 16. The molecule has 0 amide bonds. The quantitative estimate of drug-likeness (QED) is 0.0277. The van der Waals surface area contributed by atoms with Crippen molar-refractivity contribution in [2.75, 3.05) is 78.5 Å². The molecule has 0 aliphatic rings. The van der Waals surface area contributed by atoms with Crippen LogP contribution in [0.3, 0.4) is 0 Å². The molecule has 0 aliphatic heterocycles. The smallest absolute Gasteiger partial charge is 0.243 e. The van der Waals surface area contributed by atoms with Crippen LogP contribution in [0.1, 0.15) is 60.8 Å². The number of azo groups is 4. The first-order valence-corrected chi connectivity index (χ1v) is 52.0. The highest BCUT2D eigenvalue weighted by Crippen LogP contribution is 2.33. The second-order valence-corrected chi connectivity index (χ2v) is 41.5. The topological polar surface area (TPSA) is 267 Å². The van der Waals surface area contributed by atoms with Crippen LogP contribution in [0.4, 0.5) is 45.5 Å². The average Bonchev–Trinajstić information content (AvgIpc) is 0.800. The fourth-order valence-corrected chi connectivity index (χ4v) is 22.5. The molecule has 0 heterocycles. The average molecular weight is 1900 g/mol. The third-order valence-electron chi connectivity index (χ3n) is 23.9. The molecule has 1 N–H and O–H groups in total. The van der Waals surface area contributed by atoms with Crippen molar-refractivity contribution in [3.05, 3.63) is 411 Å². The van der Waals surface area contributed by atoms with E-state index in [1.165, 1.54) is 0 Å². The molecular weight excluding hydrogens is 1790 g/mol. The Balaban J connectivity index is 0.649. The van der Waals surface area contributed by atoms with Gasteiger partial charge in [-0.15, -0.1) is 0 Å². The fraction of sp³-hybridized carbons (Fsp3) is 0.200. The van der Waals surface area contributed by atoms with Crippen molar-refractivity contribution in [1.82, 2.24) is 32.3 Å². The Labute approximate surface area is 803 Å². The maximum atomic E-state index is 15.3. The molecule has 27 heteroatoms. The van der Waals surface area contributed by atoms with E-state index in [0.717, 1.165) is 65.3 Å². The van der Waals surface area contributed by atoms with Gasteiger partial charge in [0.05, 0.1) is 65.1 Å². The zero-order chi connectivity index (χ0) is 94.5. The van der Waals surface area contributed by atoms with Crippen LogP contribution in [0.2, 0.25) is 0 Å². The Morgan fingerprint density at radius 1 is 0.182 bits per heavy atom. The lowest BCUT2D eigenvalue weighted by atomic mass is 10.1. The summed E-state index contributed by atoms with van der Waals surface area (Å²) in [6.07, 6.45) is 3.07. The zero-order valence-corrected chi connectivity index (χ0v) is 79.4. The van der Waals surface area contributed by atoms with Gasteiger partial charge < -0.3 is 15.1 Å². The molecule has 16 aromatic rings. The Morgan fingerprint density at radius 3 is 0.577 bits per heavy atom. The van der Waals surface area contributed by atoms with E-state index in [4.69, 9.17) is 0 Å². The van der Waals surface area contributed by atoms with Crippen molar-refractivity contribution in [2.24, 2.45) is 40.9 Å². The van der Waals surface area contributed by atoms with Crippen molar-refractivity contribution in [3.63, 3.8) is 0 Å². The van der Waals surface area contributed by atoms with Gasteiger partial charge in [-0.3, -0.25) is 0 Å². The van der Waals surface area contributed by atoms with Crippen molar-refractivity contribution in [1.29, 1.82) is 0 Å². The molecule has 16 rings (SSSR count). The molecule has 137 heavy (non-hydrogen) atoms. The number of nitrogens with one attached hydrogen (secondary N) is 1. The van der Waals surface area contributed by atoms with Gasteiger partial charge in [0.2, 0.25) is 40.1 Å². The summed E-state index contributed by atoms with van der Waals surface area (Å²) in [7, 11) is -16.4. The van der Waals surface area contributed by atoms with Gasteiger partial charge in [-0.25, -0.2) is 33.7 Å². The van der Waals surface area contributed by atoms with E-state index in [1.807, 2.05) is 340 Å². The normalized spacial score (nSPS) is 12.5. The lowest BCUT2D eigenvalue weighted by Gasteiger charge is -2.28. The lowest BCUT2D eigenvalue weighted by Crippen LogP contribution is -2.37. The Kier molecular flexibility index (Phi) is 33.4. The van der Waals surface area contributed by atoms with Crippen LogP contribution in [-0.2, 0) is 66.3 Å². The first kappa shape index (κ1) is 96.6. The van der Waals surface area contributed by atoms with Crippen LogP contribution < -0.4 is 5.32 Å². The summed E-state index contributed by atoms with van der Waals surface area (Å²) >= 11 is 0. The standard InChI is InChI=1S/C110H109N15O8S4/c126-134(127,107-63-51-91-27-13-17-31-95(91)79-107)122(83-87-43-55-103(56-44-87)116-112-99-35-5-1-6-36-99)75-23-71-120(72-24-76-123(135(128,129)108-64-52-92-28-14-18-32-96(92)80-108)84-88-45-57-104(58-46-88)117-113-100-37-7-2-8-38-100)69-21-67-111-68-22-70-121(73-25-77-124(136(130,131)109-65-53-93-29-15-19-33-97(93)81-109)85-89-47-59-105(60-48-89)118-114-101-39-9-3-10-40-101)74-26-78-125(137(132,133)110-66-54-94-30-16-20-34-98(94)82-110)86-90-49-61-106(62-50-90)119-115-102-41-11-4-12-42-102/h1-20,27-66,79-82,111H,21-26,67-78,83-86H2. The predicted molar refractivity (Wildman–Crippen MR) is 548 cm³/mol. The molecule has 16 aromatic carbocycles. The number of fused-ring (bicyclic) bond motifs is 4. The summed E-state index contributed by atoms with van der Waals surface area (Å²) in [5.41, 5.74) is 8.31. The molecule has 0 spiro atoms. The maximum absolute atomic E-state index is 15.3. The summed E-state index contributed by atoms with van der Waals surface area (Å²) < 4.78 is 128. The molecule has 0 saturated heterocycles.